The van der Waals surface area contributed by atoms with Crippen molar-refractivity contribution in [2.24, 2.45) is 0 Å². The lowest BCUT2D eigenvalue weighted by atomic mass is 10.1. The van der Waals surface area contributed by atoms with Crippen molar-refractivity contribution in [3.63, 3.8) is 0 Å². The smallest absolute Gasteiger partial charge is 0.145 e. The Morgan fingerprint density at radius 2 is 2.03 bits per heavy atom. The first-order valence-electron chi connectivity index (χ1n) is 10.4. The Morgan fingerprint density at radius 1 is 1.13 bits per heavy atom. The third kappa shape index (κ3) is 4.42. The summed E-state index contributed by atoms with van der Waals surface area (Å²) in [5, 5.41) is 4.33. The minimum Gasteiger partial charge on any atom is -0.378 e. The van der Waals surface area contributed by atoms with Crippen molar-refractivity contribution in [3.8, 4) is 11.3 Å². The minimum atomic E-state index is -0.296. The maximum atomic E-state index is 14.3. The number of aromatic nitrogens is 5. The predicted octanol–water partition coefficient (Wildman–Crippen LogP) is 2.66. The molecule has 0 spiro atoms. The number of morpholine rings is 1. The monoisotopic (exact) mass is 421 g/mol. The fraction of sp³-hybridized carbons (Fsp3) is 0.318. The van der Waals surface area contributed by atoms with Crippen LogP contribution in [0.1, 0.15) is 11.5 Å². The molecule has 0 bridgehead atoms. The second kappa shape index (κ2) is 8.83. The van der Waals surface area contributed by atoms with Crippen LogP contribution in [0.5, 0.6) is 0 Å². The van der Waals surface area contributed by atoms with E-state index in [1.807, 2.05) is 24.5 Å². The zero-order valence-corrected chi connectivity index (χ0v) is 17.1. The number of imidazole rings is 1. The SMILES string of the molecule is Fc1cc(-c2cc(N3CCOCC3)nc(CNCCc3cnc[nH]3)n2)c2cc[nH]c2c1. The van der Waals surface area contributed by atoms with Gasteiger partial charge in [-0.3, -0.25) is 0 Å². The van der Waals surface area contributed by atoms with Gasteiger partial charge in [0.2, 0.25) is 0 Å². The van der Waals surface area contributed by atoms with Gasteiger partial charge in [-0.15, -0.1) is 0 Å². The molecule has 1 fully saturated rings. The number of hydrogen-bond acceptors (Lipinski definition) is 6. The highest BCUT2D eigenvalue weighted by Gasteiger charge is 2.17. The Kier molecular flexibility index (Phi) is 5.59. The predicted molar refractivity (Wildman–Crippen MR) is 116 cm³/mol. The normalized spacial score (nSPS) is 14.4. The highest BCUT2D eigenvalue weighted by molar-refractivity contribution is 5.94. The summed E-state index contributed by atoms with van der Waals surface area (Å²) in [7, 11) is 0. The van der Waals surface area contributed by atoms with Crippen LogP contribution < -0.4 is 10.2 Å². The molecule has 8 nitrogen and oxygen atoms in total. The van der Waals surface area contributed by atoms with Gasteiger partial charge in [0.05, 0.1) is 31.8 Å². The summed E-state index contributed by atoms with van der Waals surface area (Å²) >= 11 is 0. The molecular formula is C22H24FN7O. The fourth-order valence-corrected chi connectivity index (χ4v) is 3.84. The van der Waals surface area contributed by atoms with E-state index in [1.165, 1.54) is 12.1 Å². The molecule has 0 atom stereocenters. The lowest BCUT2D eigenvalue weighted by molar-refractivity contribution is 0.122. The number of ether oxygens (including phenoxy) is 1. The van der Waals surface area contributed by atoms with E-state index in [2.05, 4.69) is 25.2 Å². The highest BCUT2D eigenvalue weighted by Crippen LogP contribution is 2.30. The molecule has 3 N–H and O–H groups in total. The van der Waals surface area contributed by atoms with E-state index >= 15 is 0 Å². The van der Waals surface area contributed by atoms with Crippen molar-refractivity contribution in [2.75, 3.05) is 37.7 Å². The van der Waals surface area contributed by atoms with Crippen LogP contribution in [0.25, 0.3) is 22.2 Å². The molecular weight excluding hydrogens is 397 g/mol. The van der Waals surface area contributed by atoms with E-state index in [0.717, 1.165) is 54.0 Å². The van der Waals surface area contributed by atoms with E-state index in [1.54, 1.807) is 6.33 Å². The molecule has 160 valence electrons. The van der Waals surface area contributed by atoms with Gasteiger partial charge in [0.15, 0.2) is 0 Å². The van der Waals surface area contributed by atoms with Crippen LogP contribution in [0.3, 0.4) is 0 Å². The minimum absolute atomic E-state index is 0.296. The van der Waals surface area contributed by atoms with Crippen LogP contribution in [0, 0.1) is 5.82 Å². The molecule has 0 radical (unpaired) electrons. The van der Waals surface area contributed by atoms with Gasteiger partial charge in [-0.25, -0.2) is 19.3 Å². The molecule has 1 saturated heterocycles. The second-order valence-corrected chi connectivity index (χ2v) is 7.52. The molecule has 0 unspecified atom stereocenters. The molecule has 3 aromatic heterocycles. The van der Waals surface area contributed by atoms with Crippen LogP contribution in [-0.2, 0) is 17.7 Å². The molecule has 0 aliphatic carbocycles. The van der Waals surface area contributed by atoms with Crippen molar-refractivity contribution in [2.45, 2.75) is 13.0 Å². The Labute approximate surface area is 178 Å². The molecule has 0 saturated carbocycles. The van der Waals surface area contributed by atoms with Gasteiger partial charge in [-0.05, 0) is 18.2 Å². The summed E-state index contributed by atoms with van der Waals surface area (Å²) in [5.41, 5.74) is 3.30. The van der Waals surface area contributed by atoms with Gasteiger partial charge in [0.1, 0.15) is 17.5 Å². The summed E-state index contributed by atoms with van der Waals surface area (Å²) in [4.78, 5) is 22.0. The average Bonchev–Trinajstić information content (AvgIpc) is 3.48. The average molecular weight is 421 g/mol. The number of benzene rings is 1. The van der Waals surface area contributed by atoms with Gasteiger partial charge in [0.25, 0.3) is 0 Å². The van der Waals surface area contributed by atoms with Crippen LogP contribution in [-0.4, -0.2) is 57.8 Å². The Bertz CT molecular complexity index is 1150. The van der Waals surface area contributed by atoms with Gasteiger partial charge < -0.3 is 24.9 Å². The molecule has 0 amide bonds. The fourth-order valence-electron chi connectivity index (χ4n) is 3.84. The second-order valence-electron chi connectivity index (χ2n) is 7.52. The largest absolute Gasteiger partial charge is 0.378 e. The maximum absolute atomic E-state index is 14.3. The van der Waals surface area contributed by atoms with Crippen LogP contribution in [0.4, 0.5) is 10.2 Å². The van der Waals surface area contributed by atoms with Crippen LogP contribution in [0.15, 0.2) is 43.0 Å². The number of nitrogens with zero attached hydrogens (tertiary/aromatic N) is 4. The Hall–Kier alpha value is -3.30. The number of hydrogen-bond donors (Lipinski definition) is 3. The van der Waals surface area contributed by atoms with Gasteiger partial charge in [-0.1, -0.05) is 0 Å². The number of fused-ring (bicyclic) bond motifs is 1. The number of anilines is 1. The summed E-state index contributed by atoms with van der Waals surface area (Å²) < 4.78 is 19.8. The molecule has 31 heavy (non-hydrogen) atoms. The van der Waals surface area contributed by atoms with Crippen molar-refractivity contribution >= 4 is 16.7 Å². The van der Waals surface area contributed by atoms with Crippen molar-refractivity contribution < 1.29 is 9.13 Å². The maximum Gasteiger partial charge on any atom is 0.145 e. The standard InChI is InChI=1S/C22H24FN7O/c23-15-9-18(17-2-4-26-19(17)10-15)20-11-22(30-5-7-31-8-6-30)29-21(28-20)13-24-3-1-16-12-25-14-27-16/h2,4,9-12,14,24,26H,1,3,5-8,13H2,(H,25,27). The molecule has 4 aromatic rings. The topological polar surface area (TPSA) is 94.8 Å². The van der Waals surface area contributed by atoms with Crippen LogP contribution in [0.2, 0.25) is 0 Å². The Balaban J connectivity index is 1.44. The first-order chi connectivity index (χ1) is 15.3. The van der Waals surface area contributed by atoms with Crippen molar-refractivity contribution in [1.82, 2.24) is 30.2 Å². The van der Waals surface area contributed by atoms with E-state index < -0.39 is 0 Å². The molecule has 4 heterocycles. The summed E-state index contributed by atoms with van der Waals surface area (Å²) in [6.07, 6.45) is 6.15. The summed E-state index contributed by atoms with van der Waals surface area (Å²) in [6.45, 7) is 4.16. The lowest BCUT2D eigenvalue weighted by Gasteiger charge is -2.28. The summed E-state index contributed by atoms with van der Waals surface area (Å²) in [5.74, 6) is 1.22. The molecule has 5 rings (SSSR count). The number of halogens is 1. The first kappa shape index (κ1) is 19.7. The number of H-pyrrole nitrogens is 2. The molecule has 9 heteroatoms. The lowest BCUT2D eigenvalue weighted by Crippen LogP contribution is -2.37. The molecule has 1 aliphatic rings. The van der Waals surface area contributed by atoms with Crippen molar-refractivity contribution in [1.29, 1.82) is 0 Å². The van der Waals surface area contributed by atoms with Gasteiger partial charge >= 0.3 is 0 Å². The van der Waals surface area contributed by atoms with E-state index in [0.29, 0.717) is 31.3 Å². The highest BCUT2D eigenvalue weighted by atomic mass is 19.1. The third-order valence-electron chi connectivity index (χ3n) is 5.41. The van der Waals surface area contributed by atoms with E-state index in [9.17, 15) is 4.39 Å². The van der Waals surface area contributed by atoms with Gasteiger partial charge in [-0.2, -0.15) is 0 Å². The van der Waals surface area contributed by atoms with E-state index in [4.69, 9.17) is 14.7 Å². The zero-order chi connectivity index (χ0) is 21.0. The molecule has 1 aromatic carbocycles. The third-order valence-corrected chi connectivity index (χ3v) is 5.41. The number of rotatable bonds is 7. The zero-order valence-electron chi connectivity index (χ0n) is 17.1. The Morgan fingerprint density at radius 3 is 2.87 bits per heavy atom. The summed E-state index contributed by atoms with van der Waals surface area (Å²) in [6, 6.07) is 6.93. The quantitative estimate of drug-likeness (QED) is 0.397. The number of nitrogens with one attached hydrogen (secondary N) is 3. The first-order valence-corrected chi connectivity index (χ1v) is 10.4. The number of aromatic amines is 2. The van der Waals surface area contributed by atoms with Gasteiger partial charge in [0, 0.05) is 66.7 Å². The van der Waals surface area contributed by atoms with Crippen molar-refractivity contribution in [3.05, 3.63) is 60.3 Å². The van der Waals surface area contributed by atoms with E-state index in [-0.39, 0.29) is 5.82 Å². The van der Waals surface area contributed by atoms with Crippen LogP contribution >= 0.6 is 0 Å². The molecule has 1 aliphatic heterocycles.